The predicted octanol–water partition coefficient (Wildman–Crippen LogP) is 0.901. The number of nitrogens with two attached hydrogens (primary N) is 1. The first-order valence-corrected chi connectivity index (χ1v) is 6.34. The zero-order valence-electron chi connectivity index (χ0n) is 9.40. The van der Waals surface area contributed by atoms with Crippen molar-refractivity contribution >= 4 is 22.4 Å². The molecule has 1 unspecified atom stereocenters. The highest BCUT2D eigenvalue weighted by Gasteiger charge is 2.10. The Bertz CT molecular complexity index is 405. The van der Waals surface area contributed by atoms with Crippen molar-refractivity contribution in [1.29, 1.82) is 0 Å². The molecule has 1 amide bonds. The fourth-order valence-electron chi connectivity index (χ4n) is 1.22. The van der Waals surface area contributed by atoms with Gasteiger partial charge in [-0.05, 0) is 32.0 Å². The topological polar surface area (TPSA) is 72.2 Å². The lowest BCUT2D eigenvalue weighted by Gasteiger charge is -2.08. The number of nitrogen functional groups attached to an aromatic ring is 1. The molecule has 0 saturated carbocycles. The average Bonchev–Trinajstić information content (AvgIpc) is 2.16. The summed E-state index contributed by atoms with van der Waals surface area (Å²) >= 11 is 0. The molecular weight excluding hydrogens is 224 g/mol. The SMILES string of the molecule is CC(C)NC(=O)CS(=O)c1cccc(N)c1. The van der Waals surface area contributed by atoms with Crippen LogP contribution in [0.4, 0.5) is 5.69 Å². The van der Waals surface area contributed by atoms with Crippen molar-refractivity contribution in [3.63, 3.8) is 0 Å². The van der Waals surface area contributed by atoms with Gasteiger partial charge >= 0.3 is 0 Å². The van der Waals surface area contributed by atoms with Crippen molar-refractivity contribution in [3.8, 4) is 0 Å². The van der Waals surface area contributed by atoms with E-state index in [0.717, 1.165) is 0 Å². The van der Waals surface area contributed by atoms with Gasteiger partial charge in [0.15, 0.2) is 0 Å². The smallest absolute Gasteiger partial charge is 0.233 e. The third kappa shape index (κ3) is 4.02. The summed E-state index contributed by atoms with van der Waals surface area (Å²) in [4.78, 5) is 12.0. The monoisotopic (exact) mass is 240 g/mol. The van der Waals surface area contributed by atoms with Crippen LogP contribution in [0.5, 0.6) is 0 Å². The number of rotatable bonds is 4. The van der Waals surface area contributed by atoms with Gasteiger partial charge in [0.05, 0.1) is 10.8 Å². The molecule has 0 radical (unpaired) electrons. The van der Waals surface area contributed by atoms with E-state index in [2.05, 4.69) is 5.32 Å². The highest BCUT2D eigenvalue weighted by molar-refractivity contribution is 7.85. The van der Waals surface area contributed by atoms with E-state index in [-0.39, 0.29) is 17.7 Å². The molecule has 0 aromatic heterocycles. The fraction of sp³-hybridized carbons (Fsp3) is 0.364. The van der Waals surface area contributed by atoms with Crippen molar-refractivity contribution in [2.45, 2.75) is 24.8 Å². The Kier molecular flexibility index (Phi) is 4.49. The summed E-state index contributed by atoms with van der Waals surface area (Å²) < 4.78 is 11.8. The lowest BCUT2D eigenvalue weighted by Crippen LogP contribution is -2.33. The highest BCUT2D eigenvalue weighted by Crippen LogP contribution is 2.10. The number of amides is 1. The number of hydrogen-bond acceptors (Lipinski definition) is 3. The van der Waals surface area contributed by atoms with Gasteiger partial charge in [-0.3, -0.25) is 9.00 Å². The predicted molar refractivity (Wildman–Crippen MR) is 65.4 cm³/mol. The van der Waals surface area contributed by atoms with Crippen molar-refractivity contribution in [3.05, 3.63) is 24.3 Å². The van der Waals surface area contributed by atoms with E-state index < -0.39 is 10.8 Å². The van der Waals surface area contributed by atoms with Crippen molar-refractivity contribution in [2.75, 3.05) is 11.5 Å². The molecule has 0 spiro atoms. The Balaban J connectivity index is 2.62. The minimum absolute atomic E-state index is 0.0262. The van der Waals surface area contributed by atoms with Gasteiger partial charge in [-0.2, -0.15) is 0 Å². The second-order valence-electron chi connectivity index (χ2n) is 3.78. The van der Waals surface area contributed by atoms with Crippen LogP contribution in [0.15, 0.2) is 29.2 Å². The summed E-state index contributed by atoms with van der Waals surface area (Å²) in [5.41, 5.74) is 6.12. The molecule has 1 aromatic rings. The van der Waals surface area contributed by atoms with E-state index in [4.69, 9.17) is 5.73 Å². The Hall–Kier alpha value is -1.36. The number of carbonyl (C=O) groups is 1. The maximum absolute atomic E-state index is 11.8. The third-order valence-electron chi connectivity index (χ3n) is 1.83. The zero-order chi connectivity index (χ0) is 12.1. The van der Waals surface area contributed by atoms with Gasteiger partial charge in [-0.1, -0.05) is 6.07 Å². The van der Waals surface area contributed by atoms with Gasteiger partial charge in [0.1, 0.15) is 5.75 Å². The lowest BCUT2D eigenvalue weighted by molar-refractivity contribution is -0.119. The number of hydrogen-bond donors (Lipinski definition) is 2. The molecule has 0 aliphatic carbocycles. The summed E-state index contributed by atoms with van der Waals surface area (Å²) in [6.07, 6.45) is 0. The van der Waals surface area contributed by atoms with E-state index in [1.54, 1.807) is 24.3 Å². The molecule has 0 aliphatic rings. The van der Waals surface area contributed by atoms with Crippen LogP contribution >= 0.6 is 0 Å². The number of carbonyl (C=O) groups excluding carboxylic acids is 1. The van der Waals surface area contributed by atoms with Crippen molar-refractivity contribution < 1.29 is 9.00 Å². The second-order valence-corrected chi connectivity index (χ2v) is 5.24. The molecule has 1 atom stereocenters. The molecule has 1 rings (SSSR count). The molecular formula is C11H16N2O2S. The van der Waals surface area contributed by atoms with E-state index in [1.165, 1.54) is 0 Å². The maximum Gasteiger partial charge on any atom is 0.233 e. The molecule has 4 nitrogen and oxygen atoms in total. The Labute approximate surface area is 97.7 Å². The number of anilines is 1. The Morgan fingerprint density at radius 2 is 2.19 bits per heavy atom. The molecule has 88 valence electrons. The number of benzene rings is 1. The van der Waals surface area contributed by atoms with Crippen LogP contribution in [0.1, 0.15) is 13.8 Å². The fourth-order valence-corrected chi connectivity index (χ4v) is 2.21. The van der Waals surface area contributed by atoms with Crippen molar-refractivity contribution in [2.24, 2.45) is 0 Å². The van der Waals surface area contributed by atoms with Gasteiger partial charge < -0.3 is 11.1 Å². The average molecular weight is 240 g/mol. The molecule has 0 bridgehead atoms. The molecule has 5 heteroatoms. The normalized spacial score (nSPS) is 12.4. The van der Waals surface area contributed by atoms with E-state index in [0.29, 0.717) is 10.6 Å². The molecule has 0 aliphatic heterocycles. The summed E-state index contributed by atoms with van der Waals surface area (Å²) in [6, 6.07) is 6.83. The minimum atomic E-state index is -1.33. The highest BCUT2D eigenvalue weighted by atomic mass is 32.2. The van der Waals surface area contributed by atoms with E-state index in [1.807, 2.05) is 13.8 Å². The van der Waals surface area contributed by atoms with Gasteiger partial charge in [0, 0.05) is 16.6 Å². The van der Waals surface area contributed by atoms with Crippen LogP contribution in [0.2, 0.25) is 0 Å². The van der Waals surface area contributed by atoms with Gasteiger partial charge in [0.25, 0.3) is 0 Å². The second kappa shape index (κ2) is 5.65. The van der Waals surface area contributed by atoms with Crippen LogP contribution in [-0.4, -0.2) is 21.9 Å². The van der Waals surface area contributed by atoms with Gasteiger partial charge in [-0.25, -0.2) is 0 Å². The quantitative estimate of drug-likeness (QED) is 0.768. The zero-order valence-corrected chi connectivity index (χ0v) is 10.2. The van der Waals surface area contributed by atoms with Crippen LogP contribution in [0.3, 0.4) is 0 Å². The summed E-state index contributed by atoms with van der Waals surface area (Å²) in [5.74, 6) is -0.238. The third-order valence-corrected chi connectivity index (χ3v) is 3.14. The molecule has 3 N–H and O–H groups in total. The molecule has 1 aromatic carbocycles. The maximum atomic E-state index is 11.8. The lowest BCUT2D eigenvalue weighted by atomic mass is 10.3. The minimum Gasteiger partial charge on any atom is -0.399 e. The van der Waals surface area contributed by atoms with E-state index >= 15 is 0 Å². The first kappa shape index (κ1) is 12.7. The van der Waals surface area contributed by atoms with Crippen LogP contribution in [0.25, 0.3) is 0 Å². The summed E-state index contributed by atoms with van der Waals surface area (Å²) in [6.45, 7) is 3.72. The molecule has 0 saturated heterocycles. The molecule has 0 heterocycles. The van der Waals surface area contributed by atoms with Crippen LogP contribution in [-0.2, 0) is 15.6 Å². The number of nitrogens with one attached hydrogen (secondary N) is 1. The van der Waals surface area contributed by atoms with Crippen LogP contribution in [0, 0.1) is 0 Å². The Morgan fingerprint density at radius 3 is 2.75 bits per heavy atom. The molecule has 16 heavy (non-hydrogen) atoms. The standard InChI is InChI=1S/C11H16N2O2S/c1-8(2)13-11(14)7-16(15)10-5-3-4-9(12)6-10/h3-6,8H,7,12H2,1-2H3,(H,13,14). The van der Waals surface area contributed by atoms with Crippen LogP contribution < -0.4 is 11.1 Å². The van der Waals surface area contributed by atoms with Gasteiger partial charge in [0.2, 0.25) is 5.91 Å². The molecule has 0 fully saturated rings. The van der Waals surface area contributed by atoms with E-state index in [9.17, 15) is 9.00 Å². The first-order valence-electron chi connectivity index (χ1n) is 5.02. The summed E-state index contributed by atoms with van der Waals surface area (Å²) in [5, 5.41) is 2.69. The van der Waals surface area contributed by atoms with Crippen molar-refractivity contribution in [1.82, 2.24) is 5.32 Å². The van der Waals surface area contributed by atoms with Gasteiger partial charge in [-0.15, -0.1) is 0 Å². The summed E-state index contributed by atoms with van der Waals surface area (Å²) in [7, 11) is -1.33. The Morgan fingerprint density at radius 1 is 1.50 bits per heavy atom. The largest absolute Gasteiger partial charge is 0.399 e. The first-order chi connectivity index (χ1) is 7.49.